The molecule has 2 aromatic heterocycles. The first-order chi connectivity index (χ1) is 19.0. The first-order valence-electron chi connectivity index (χ1n) is 11.5. The fourth-order valence-electron chi connectivity index (χ4n) is 4.44. The van der Waals surface area contributed by atoms with E-state index < -0.39 is 70.3 Å². The third-order valence-electron chi connectivity index (χ3n) is 6.18. The smallest absolute Gasteiger partial charge is 0.346 e. The molecule has 0 aliphatic carbocycles. The van der Waals surface area contributed by atoms with Gasteiger partial charge < -0.3 is 28.1 Å². The second kappa shape index (κ2) is 10.3. The maximum Gasteiger partial charge on any atom is 0.473 e. The number of hydrogen-bond acceptors (Lipinski definition) is 14. The number of fused-ring (bicyclic) bond motifs is 6. The summed E-state index contributed by atoms with van der Waals surface area (Å²) in [7, 11) is -5.00. The molecule has 0 radical (unpaired) electrons. The number of aromatic nitrogens is 4. The molecule has 6 rings (SSSR count). The number of phosphoric ester groups is 1. The molecule has 1 fully saturated rings. The van der Waals surface area contributed by atoms with E-state index in [0.717, 1.165) is 11.2 Å². The number of ether oxygens (including phenoxy) is 1. The number of nitrogens with zero attached hydrogens (tertiary/aromatic N) is 7. The van der Waals surface area contributed by atoms with Crippen LogP contribution in [0, 0.1) is 5.41 Å². The van der Waals surface area contributed by atoms with Crippen molar-refractivity contribution >= 4 is 61.6 Å². The quantitative estimate of drug-likeness (QED) is 0.290. The average molecular weight is 619 g/mol. The van der Waals surface area contributed by atoms with Crippen molar-refractivity contribution in [3.63, 3.8) is 0 Å². The number of imidazole rings is 1. The number of aliphatic imine (C=N–C) groups is 2. The van der Waals surface area contributed by atoms with Crippen molar-refractivity contribution in [1.29, 1.82) is 5.41 Å². The molecule has 0 spiro atoms. The van der Waals surface area contributed by atoms with Crippen molar-refractivity contribution < 1.29 is 46.4 Å². The van der Waals surface area contributed by atoms with E-state index in [1.54, 1.807) is 0 Å². The molecule has 4 aliphatic rings. The van der Waals surface area contributed by atoms with E-state index in [9.17, 15) is 19.1 Å². The van der Waals surface area contributed by atoms with E-state index in [2.05, 4.69) is 30.3 Å². The van der Waals surface area contributed by atoms with Gasteiger partial charge in [-0.3, -0.25) is 34.5 Å². The topological polar surface area (TPSA) is 228 Å². The lowest BCUT2D eigenvalue weighted by Crippen LogP contribution is -2.53. The number of nitrogens with one attached hydrogen (secondary N) is 2. The van der Waals surface area contributed by atoms with Gasteiger partial charge in [0.25, 0.3) is 5.91 Å². The van der Waals surface area contributed by atoms with Gasteiger partial charge in [0.15, 0.2) is 29.9 Å². The number of carbonyl (C=O) groups is 1. The van der Waals surface area contributed by atoms with E-state index >= 15 is 4.39 Å². The summed E-state index contributed by atoms with van der Waals surface area (Å²) < 4.78 is 57.1. The van der Waals surface area contributed by atoms with Crippen LogP contribution in [0.4, 0.5) is 4.39 Å². The number of phosphoric acid groups is 1. The Morgan fingerprint density at radius 2 is 2.10 bits per heavy atom. The molecule has 7 atom stereocenters. The molecule has 2 bridgehead atoms. The van der Waals surface area contributed by atoms with Gasteiger partial charge in [0, 0.05) is 6.54 Å². The van der Waals surface area contributed by atoms with Crippen LogP contribution in [0.25, 0.3) is 11.2 Å². The van der Waals surface area contributed by atoms with E-state index in [0.29, 0.717) is 11.2 Å². The minimum atomic E-state index is -5.00. The fraction of sp³-hybridized carbons (Fsp3) is 0.500. The number of guanidine groups is 1. The first-order valence-corrected chi connectivity index (χ1v) is 15.6. The van der Waals surface area contributed by atoms with Crippen LogP contribution in [0.5, 0.6) is 0 Å². The highest BCUT2D eigenvalue weighted by molar-refractivity contribution is 8.07. The number of amides is 1. The minimum absolute atomic E-state index is 0.0433. The zero-order chi connectivity index (χ0) is 28.2. The summed E-state index contributed by atoms with van der Waals surface area (Å²) in [6, 6.07) is -1.16. The highest BCUT2D eigenvalue weighted by Crippen LogP contribution is 2.50. The highest BCUT2D eigenvalue weighted by atomic mass is 32.5. The minimum Gasteiger partial charge on any atom is -0.346 e. The Morgan fingerprint density at radius 3 is 2.92 bits per heavy atom. The summed E-state index contributed by atoms with van der Waals surface area (Å²) in [6.07, 6.45) is -3.11. The number of halogens is 1. The molecule has 18 nitrogen and oxygen atoms in total. The molecule has 3 unspecified atom stereocenters. The lowest BCUT2D eigenvalue weighted by atomic mass is 10.1. The van der Waals surface area contributed by atoms with E-state index in [1.165, 1.54) is 17.1 Å². The zero-order valence-corrected chi connectivity index (χ0v) is 22.6. The summed E-state index contributed by atoms with van der Waals surface area (Å²) in [5.74, 6) is -1.11. The van der Waals surface area contributed by atoms with E-state index in [1.807, 2.05) is 0 Å². The van der Waals surface area contributed by atoms with E-state index in [-0.39, 0.29) is 24.8 Å². The molecule has 0 aromatic carbocycles. The molecule has 4 N–H and O–H groups in total. The second-order valence-corrected chi connectivity index (χ2v) is 13.0. The molecule has 4 aliphatic heterocycles. The zero-order valence-electron chi connectivity index (χ0n) is 20.0. The van der Waals surface area contributed by atoms with Crippen molar-refractivity contribution in [3.05, 3.63) is 18.3 Å². The van der Waals surface area contributed by atoms with Crippen LogP contribution in [0.3, 0.4) is 0 Å². The number of hydrogen-bond donors (Lipinski definition) is 4. The predicted octanol–water partition coefficient (Wildman–Crippen LogP) is -0.669. The highest BCUT2D eigenvalue weighted by Gasteiger charge is 2.54. The molecular weight excluding hydrogens is 599 g/mol. The van der Waals surface area contributed by atoms with Crippen LogP contribution >= 0.6 is 14.5 Å². The van der Waals surface area contributed by atoms with Crippen LogP contribution < -0.4 is 5.32 Å². The maximum atomic E-state index is 15.7. The van der Waals surface area contributed by atoms with Crippen LogP contribution in [0.1, 0.15) is 5.82 Å². The number of carbonyl (C=O) groups excluding carboxylic acids is 1. The molecule has 214 valence electrons. The van der Waals surface area contributed by atoms with Crippen molar-refractivity contribution in [2.45, 2.75) is 43.8 Å². The summed E-state index contributed by atoms with van der Waals surface area (Å²) in [5.41, 5.74) is 0.696. The van der Waals surface area contributed by atoms with Gasteiger partial charge in [-0.05, 0) is 11.8 Å². The standard InChI is InChI=1S/C18H20FN9O9P2S/c19-11-9-4-35-39(32,40)33-2-1-27-10(24-8-3-21-6-22-14(8)27)5-34-38(30,31)37-13(11)17(36-9)28-7-23-12-15(28)25-18(20)26-16(12)29/h3,6-7,9,11-13,17H,1-2,4-5H2,(H,30,31)(H,32,40)(H2,20,26,29)/t9-,11+,12?,13-,17-,39?/m1/s1. The Labute approximate surface area is 228 Å². The van der Waals surface area contributed by atoms with Gasteiger partial charge in [-0.15, -0.1) is 0 Å². The molecule has 6 heterocycles. The van der Waals surface area contributed by atoms with Gasteiger partial charge in [-0.2, -0.15) is 4.99 Å². The third kappa shape index (κ3) is 5.23. The van der Waals surface area contributed by atoms with Gasteiger partial charge >= 0.3 is 14.5 Å². The van der Waals surface area contributed by atoms with Gasteiger partial charge in [-0.25, -0.2) is 23.9 Å². The second-order valence-electron chi connectivity index (χ2n) is 8.71. The van der Waals surface area contributed by atoms with Gasteiger partial charge in [0.05, 0.1) is 25.7 Å². The van der Waals surface area contributed by atoms with Crippen LogP contribution in [-0.4, -0.2) is 102 Å². The Hall–Kier alpha value is -2.64. The van der Waals surface area contributed by atoms with Crippen LogP contribution in [0.2, 0.25) is 0 Å². The van der Waals surface area contributed by atoms with Crippen LogP contribution in [-0.2, 0) is 57.1 Å². The van der Waals surface area contributed by atoms with Crippen molar-refractivity contribution in [2.24, 2.45) is 9.98 Å². The fourth-order valence-corrected chi connectivity index (χ4v) is 6.44. The lowest BCUT2D eigenvalue weighted by molar-refractivity contribution is -0.119. The normalized spacial score (nSPS) is 36.9. The molecule has 2 aromatic rings. The molecule has 0 saturated carbocycles. The van der Waals surface area contributed by atoms with Crippen molar-refractivity contribution in [2.75, 3.05) is 13.2 Å². The number of amidine groups is 1. The molecule has 1 amide bonds. The summed E-state index contributed by atoms with van der Waals surface area (Å²) in [6.45, 7) is -5.22. The first kappa shape index (κ1) is 27.5. The average Bonchev–Trinajstić information content (AvgIpc) is 3.55. The summed E-state index contributed by atoms with van der Waals surface area (Å²) >= 11 is 5.05. The third-order valence-corrected chi connectivity index (χ3v) is 8.76. The van der Waals surface area contributed by atoms with Gasteiger partial charge in [0.2, 0.25) is 5.96 Å². The molecule has 40 heavy (non-hydrogen) atoms. The molecule has 22 heteroatoms. The summed E-state index contributed by atoms with van der Waals surface area (Å²) in [5, 5.41) is 9.93. The number of rotatable bonds is 1. The van der Waals surface area contributed by atoms with Gasteiger partial charge in [0.1, 0.15) is 36.5 Å². The largest absolute Gasteiger partial charge is 0.473 e. The van der Waals surface area contributed by atoms with Gasteiger partial charge in [-0.1, -0.05) is 0 Å². The SMILES string of the molecule is N=C1N=C2C(N=CN2[C@@H]2O[C@@H]3COP(O)(=S)OCCn4c(nc5cncnc54)COP(=O)(O)O[C@@H]2[C@H]3F)C(=O)N1. The van der Waals surface area contributed by atoms with E-state index in [4.69, 9.17) is 40.0 Å². The Kier molecular flexibility index (Phi) is 7.10. The lowest BCUT2D eigenvalue weighted by Gasteiger charge is -2.30. The maximum absolute atomic E-state index is 15.7. The van der Waals surface area contributed by atoms with Crippen LogP contribution in [0.15, 0.2) is 22.5 Å². The molecule has 1 saturated heterocycles. The summed E-state index contributed by atoms with van der Waals surface area (Å²) in [4.78, 5) is 54.8. The Bertz CT molecular complexity index is 1540. The Balaban J connectivity index is 1.33. The monoisotopic (exact) mass is 619 g/mol. The molecular formula is C18H20FN9O9P2S. The van der Waals surface area contributed by atoms with Crippen molar-refractivity contribution in [1.82, 2.24) is 29.7 Å². The number of alkyl halides is 1. The Morgan fingerprint density at radius 1 is 1.27 bits per heavy atom. The van der Waals surface area contributed by atoms with Crippen molar-refractivity contribution in [3.8, 4) is 0 Å². The predicted molar refractivity (Wildman–Crippen MR) is 134 cm³/mol.